The number of hydrogen-bond donors (Lipinski definition) is 3. The van der Waals surface area contributed by atoms with Crippen LogP contribution in [0.3, 0.4) is 0 Å². The minimum Gasteiger partial charge on any atom is -0.494 e. The maximum Gasteiger partial charge on any atom is 0.266 e. The van der Waals surface area contributed by atoms with Gasteiger partial charge < -0.3 is 14.6 Å². The summed E-state index contributed by atoms with van der Waals surface area (Å²) in [5.74, 6) is 0.601. The van der Waals surface area contributed by atoms with Gasteiger partial charge in [0.1, 0.15) is 11.9 Å². The average Bonchev–Trinajstić information content (AvgIpc) is 3.40. The molecule has 0 unspecified atom stereocenters. The zero-order valence-corrected chi connectivity index (χ0v) is 25.6. The number of aliphatic hydroxyl groups excluding tert-OH is 1. The van der Waals surface area contributed by atoms with Crippen molar-refractivity contribution in [1.29, 1.82) is 0 Å². The summed E-state index contributed by atoms with van der Waals surface area (Å²) in [7, 11) is 0. The first kappa shape index (κ1) is 31.6. The highest BCUT2D eigenvalue weighted by atomic mass is 32.2. The molecule has 1 aliphatic heterocycles. The van der Waals surface area contributed by atoms with Crippen LogP contribution in [0.2, 0.25) is 0 Å². The predicted molar refractivity (Wildman–Crippen MR) is 174 cm³/mol. The standard InChI is InChI=1S/C34H34N6O4S/c1-24-34(22-26-10-5-7-14-30(26)38-40-35,37-32(44-24)25-16-18-28(19-17-25)43-21-9-20-41)33(42)39-36-23-27-11-6-8-15-31(27)45-29-12-3-2-4-13-29/h2-8,10-19,24,36,41H,9,20-23H2,1H3,(H,39,42)/t24-,34-/m0/s1. The molecular weight excluding hydrogens is 588 g/mol. The summed E-state index contributed by atoms with van der Waals surface area (Å²) in [5.41, 5.74) is 16.6. The minimum absolute atomic E-state index is 0.0571. The van der Waals surface area contributed by atoms with E-state index in [1.807, 2.05) is 67.6 Å². The fraction of sp³-hybridized carbons (Fsp3) is 0.235. The van der Waals surface area contributed by atoms with Gasteiger partial charge in [-0.1, -0.05) is 77.5 Å². The lowest BCUT2D eigenvalue weighted by atomic mass is 9.85. The van der Waals surface area contributed by atoms with Gasteiger partial charge in [0, 0.05) is 51.9 Å². The van der Waals surface area contributed by atoms with Crippen LogP contribution in [0.25, 0.3) is 10.4 Å². The number of hydrogen-bond acceptors (Lipinski definition) is 8. The van der Waals surface area contributed by atoms with Crippen molar-refractivity contribution >= 4 is 29.3 Å². The molecule has 1 aliphatic rings. The van der Waals surface area contributed by atoms with Crippen LogP contribution in [-0.2, 0) is 22.5 Å². The van der Waals surface area contributed by atoms with Gasteiger partial charge in [-0.05, 0) is 66.0 Å². The number of hydrazine groups is 1. The van der Waals surface area contributed by atoms with Gasteiger partial charge >= 0.3 is 0 Å². The number of azide groups is 1. The molecule has 2 atom stereocenters. The van der Waals surface area contributed by atoms with E-state index in [1.54, 1.807) is 36.0 Å². The lowest BCUT2D eigenvalue weighted by Crippen LogP contribution is -2.55. The van der Waals surface area contributed by atoms with Crippen LogP contribution in [0.4, 0.5) is 5.69 Å². The number of aliphatic imine (C=N–C) groups is 1. The molecule has 0 bridgehead atoms. The molecule has 1 amide bonds. The third-order valence-electron chi connectivity index (χ3n) is 7.36. The van der Waals surface area contributed by atoms with Crippen LogP contribution in [0.1, 0.15) is 30.0 Å². The molecule has 1 heterocycles. The summed E-state index contributed by atoms with van der Waals surface area (Å²) in [6.45, 7) is 2.66. The fourth-order valence-corrected chi connectivity index (χ4v) is 5.90. The number of benzene rings is 4. The Balaban J connectivity index is 1.38. The molecule has 0 radical (unpaired) electrons. The van der Waals surface area contributed by atoms with Crippen LogP contribution in [0.15, 0.2) is 123 Å². The first-order chi connectivity index (χ1) is 22.0. The molecular formula is C34H34N6O4S. The first-order valence-electron chi connectivity index (χ1n) is 14.6. The number of carbonyl (C=O) groups is 1. The zero-order valence-electron chi connectivity index (χ0n) is 24.8. The average molecular weight is 623 g/mol. The number of nitrogens with zero attached hydrogens (tertiary/aromatic N) is 4. The van der Waals surface area contributed by atoms with E-state index in [2.05, 4.69) is 39.1 Å². The molecule has 4 aromatic rings. The van der Waals surface area contributed by atoms with Crippen molar-refractivity contribution in [2.75, 3.05) is 13.2 Å². The van der Waals surface area contributed by atoms with Crippen molar-refractivity contribution in [2.45, 2.75) is 47.7 Å². The highest BCUT2D eigenvalue weighted by Crippen LogP contribution is 2.35. The molecule has 45 heavy (non-hydrogen) atoms. The molecule has 0 aromatic heterocycles. The second-order valence-corrected chi connectivity index (χ2v) is 11.5. The topological polar surface area (TPSA) is 141 Å². The molecule has 4 aromatic carbocycles. The number of carbonyl (C=O) groups excluding carboxylic acids is 1. The van der Waals surface area contributed by atoms with E-state index < -0.39 is 11.6 Å². The largest absolute Gasteiger partial charge is 0.494 e. The molecule has 230 valence electrons. The lowest BCUT2D eigenvalue weighted by Gasteiger charge is -2.29. The van der Waals surface area contributed by atoms with Crippen molar-refractivity contribution in [3.05, 3.63) is 130 Å². The second kappa shape index (κ2) is 15.3. The fourth-order valence-electron chi connectivity index (χ4n) is 4.93. The Morgan fingerprint density at radius 3 is 2.49 bits per heavy atom. The van der Waals surface area contributed by atoms with E-state index in [0.717, 1.165) is 15.4 Å². The number of ether oxygens (including phenoxy) is 2. The van der Waals surface area contributed by atoms with E-state index in [1.165, 1.54) is 0 Å². The van der Waals surface area contributed by atoms with Gasteiger partial charge in [-0.3, -0.25) is 10.2 Å². The summed E-state index contributed by atoms with van der Waals surface area (Å²) in [6.07, 6.45) is 0.0356. The van der Waals surface area contributed by atoms with Crippen molar-refractivity contribution in [3.8, 4) is 5.75 Å². The van der Waals surface area contributed by atoms with Gasteiger partial charge in [0.2, 0.25) is 5.90 Å². The molecule has 11 heteroatoms. The zero-order chi connectivity index (χ0) is 31.5. The van der Waals surface area contributed by atoms with Crippen molar-refractivity contribution < 1.29 is 19.4 Å². The van der Waals surface area contributed by atoms with E-state index in [4.69, 9.17) is 25.1 Å². The molecule has 3 N–H and O–H groups in total. The molecule has 0 saturated carbocycles. The molecule has 10 nitrogen and oxygen atoms in total. The Morgan fingerprint density at radius 2 is 1.73 bits per heavy atom. The normalized spacial score (nSPS) is 17.1. The van der Waals surface area contributed by atoms with Crippen molar-refractivity contribution in [2.24, 2.45) is 10.1 Å². The second-order valence-electron chi connectivity index (χ2n) is 10.4. The van der Waals surface area contributed by atoms with Crippen molar-refractivity contribution in [3.63, 3.8) is 0 Å². The first-order valence-corrected chi connectivity index (χ1v) is 15.4. The number of aliphatic hydroxyl groups is 1. The van der Waals surface area contributed by atoms with Crippen LogP contribution in [-0.4, -0.2) is 41.8 Å². The van der Waals surface area contributed by atoms with Gasteiger partial charge in [0.25, 0.3) is 5.91 Å². The van der Waals surface area contributed by atoms with Gasteiger partial charge in [-0.15, -0.1) is 0 Å². The molecule has 0 spiro atoms. The molecule has 0 saturated heterocycles. The number of nitrogens with one attached hydrogen (secondary N) is 2. The van der Waals surface area contributed by atoms with Crippen molar-refractivity contribution in [1.82, 2.24) is 10.9 Å². The maximum absolute atomic E-state index is 14.1. The van der Waals surface area contributed by atoms with Crippen LogP contribution < -0.4 is 15.6 Å². The van der Waals surface area contributed by atoms with E-state index >= 15 is 0 Å². The monoisotopic (exact) mass is 622 g/mol. The Hall–Kier alpha value is -4.80. The summed E-state index contributed by atoms with van der Waals surface area (Å²) in [4.78, 5) is 24.1. The van der Waals surface area contributed by atoms with E-state index in [-0.39, 0.29) is 18.9 Å². The quantitative estimate of drug-likeness (QED) is 0.0482. The highest BCUT2D eigenvalue weighted by Gasteiger charge is 2.50. The Kier molecular flexibility index (Phi) is 10.7. The molecule has 5 rings (SSSR count). The van der Waals surface area contributed by atoms with Gasteiger partial charge in [0.15, 0.2) is 5.54 Å². The van der Waals surface area contributed by atoms with E-state index in [9.17, 15) is 4.79 Å². The number of rotatable bonds is 14. The maximum atomic E-state index is 14.1. The lowest BCUT2D eigenvalue weighted by molar-refractivity contribution is -0.129. The van der Waals surface area contributed by atoms with Crippen LogP contribution in [0, 0.1) is 0 Å². The van der Waals surface area contributed by atoms with Crippen LogP contribution in [0.5, 0.6) is 5.75 Å². The van der Waals surface area contributed by atoms with Gasteiger partial charge in [-0.25, -0.2) is 10.4 Å². The molecule has 0 fully saturated rings. The molecule has 0 aliphatic carbocycles. The van der Waals surface area contributed by atoms with Gasteiger partial charge in [-0.2, -0.15) is 0 Å². The van der Waals surface area contributed by atoms with E-state index in [0.29, 0.717) is 48.0 Å². The minimum atomic E-state index is -1.36. The summed E-state index contributed by atoms with van der Waals surface area (Å²) in [6, 6.07) is 32.5. The SMILES string of the molecule is C[C@@H]1OC(c2ccc(OCCCO)cc2)=N[C@]1(Cc1ccccc1N=[N+]=[N-])C(=O)NNCc1ccccc1Sc1ccccc1. The Bertz CT molecular complexity index is 1680. The third-order valence-corrected chi connectivity index (χ3v) is 8.48. The summed E-state index contributed by atoms with van der Waals surface area (Å²) < 4.78 is 11.9. The Morgan fingerprint density at radius 1 is 1.02 bits per heavy atom. The highest BCUT2D eigenvalue weighted by molar-refractivity contribution is 7.99. The summed E-state index contributed by atoms with van der Waals surface area (Å²) >= 11 is 1.66. The third kappa shape index (κ3) is 7.84. The predicted octanol–water partition coefficient (Wildman–Crippen LogP) is 6.51. The summed E-state index contributed by atoms with van der Waals surface area (Å²) in [5, 5.41) is 12.8. The van der Waals surface area contributed by atoms with Gasteiger partial charge in [0.05, 0.1) is 6.61 Å². The number of amides is 1. The smallest absolute Gasteiger partial charge is 0.266 e. The Labute approximate surface area is 266 Å². The van der Waals surface area contributed by atoms with Crippen LogP contribution >= 0.6 is 11.8 Å².